The highest BCUT2D eigenvalue weighted by Gasteiger charge is 2.06. The number of benzene rings is 2. The van der Waals surface area contributed by atoms with Crippen LogP contribution in [-0.2, 0) is 0 Å². The summed E-state index contributed by atoms with van der Waals surface area (Å²) in [7, 11) is 1.99. The average Bonchev–Trinajstić information content (AvgIpc) is 2.51. The minimum absolute atomic E-state index is 0.258. The largest absolute Gasteiger partial charge is 0.366 e. The van der Waals surface area contributed by atoms with Crippen molar-refractivity contribution < 1.29 is 4.39 Å². The second-order valence-corrected chi connectivity index (χ2v) is 5.38. The summed E-state index contributed by atoms with van der Waals surface area (Å²) < 4.78 is 13.7. The zero-order valence-electron chi connectivity index (χ0n) is 13.5. The van der Waals surface area contributed by atoms with Crippen LogP contribution in [0, 0.1) is 19.7 Å². The van der Waals surface area contributed by atoms with Crippen LogP contribution in [0.25, 0.3) is 0 Å². The van der Waals surface area contributed by atoms with E-state index in [1.165, 1.54) is 6.07 Å². The van der Waals surface area contributed by atoms with Crippen LogP contribution in [0.2, 0.25) is 0 Å². The molecule has 0 atom stereocenters. The van der Waals surface area contributed by atoms with Crippen molar-refractivity contribution in [3.63, 3.8) is 0 Å². The fourth-order valence-electron chi connectivity index (χ4n) is 2.02. The summed E-state index contributed by atoms with van der Waals surface area (Å²) in [6, 6.07) is 10.7. The summed E-state index contributed by atoms with van der Waals surface area (Å²) >= 11 is 0. The Morgan fingerprint density at radius 2 is 1.86 bits per heavy atom. The van der Waals surface area contributed by atoms with Crippen LogP contribution in [0.1, 0.15) is 18.1 Å². The number of aliphatic imine (C=N–C) groups is 1. The Kier molecular flexibility index (Phi) is 5.15. The van der Waals surface area contributed by atoms with Crippen molar-refractivity contribution in [3.05, 3.63) is 53.3 Å². The van der Waals surface area contributed by atoms with Crippen molar-refractivity contribution in [2.24, 2.45) is 4.99 Å². The first-order valence-corrected chi connectivity index (χ1v) is 7.38. The number of aryl methyl sites for hydroxylation is 2. The molecule has 0 aromatic heterocycles. The minimum atomic E-state index is -0.258. The number of para-hydroxylation sites is 1. The molecule has 0 aliphatic heterocycles. The van der Waals surface area contributed by atoms with E-state index in [1.54, 1.807) is 12.1 Å². The first kappa shape index (κ1) is 16.0. The standard InChI is InChI=1S/C18H22FN3/c1-5-22(4)12-20-17-10-14(3)18(11-13(17)2)21-16-9-7-6-8-15(16)19/h6-12,21H,5H2,1-4H3. The molecule has 0 aliphatic carbocycles. The quantitative estimate of drug-likeness (QED) is 0.634. The molecule has 0 aliphatic rings. The summed E-state index contributed by atoms with van der Waals surface area (Å²) in [5.74, 6) is -0.258. The second-order valence-electron chi connectivity index (χ2n) is 5.38. The zero-order valence-corrected chi connectivity index (χ0v) is 13.5. The number of nitrogens with one attached hydrogen (secondary N) is 1. The Hall–Kier alpha value is -2.36. The number of halogens is 1. The number of rotatable bonds is 5. The highest BCUT2D eigenvalue weighted by atomic mass is 19.1. The van der Waals surface area contributed by atoms with Gasteiger partial charge in [0.2, 0.25) is 0 Å². The van der Waals surface area contributed by atoms with Crippen molar-refractivity contribution in [2.75, 3.05) is 18.9 Å². The molecule has 0 heterocycles. The molecule has 3 nitrogen and oxygen atoms in total. The van der Waals surface area contributed by atoms with Gasteiger partial charge in [-0.25, -0.2) is 9.38 Å². The molecular weight excluding hydrogens is 277 g/mol. The Morgan fingerprint density at radius 3 is 2.55 bits per heavy atom. The van der Waals surface area contributed by atoms with E-state index in [1.807, 2.05) is 50.3 Å². The molecule has 22 heavy (non-hydrogen) atoms. The Labute approximate surface area is 131 Å². The van der Waals surface area contributed by atoms with Gasteiger partial charge < -0.3 is 10.2 Å². The summed E-state index contributed by atoms with van der Waals surface area (Å²) in [4.78, 5) is 6.52. The van der Waals surface area contributed by atoms with E-state index >= 15 is 0 Å². The van der Waals surface area contributed by atoms with E-state index in [0.29, 0.717) is 5.69 Å². The van der Waals surface area contributed by atoms with Gasteiger partial charge in [0.25, 0.3) is 0 Å². The SMILES string of the molecule is CCN(C)C=Nc1cc(C)c(Nc2ccccc2F)cc1C. The van der Waals surface area contributed by atoms with Crippen LogP contribution in [-0.4, -0.2) is 24.8 Å². The molecule has 4 heteroatoms. The number of hydrogen-bond donors (Lipinski definition) is 1. The maximum atomic E-state index is 13.7. The lowest BCUT2D eigenvalue weighted by Crippen LogP contribution is -2.14. The van der Waals surface area contributed by atoms with E-state index in [2.05, 4.69) is 17.2 Å². The van der Waals surface area contributed by atoms with Crippen LogP contribution in [0.5, 0.6) is 0 Å². The van der Waals surface area contributed by atoms with Gasteiger partial charge in [-0.15, -0.1) is 0 Å². The molecule has 0 radical (unpaired) electrons. The third-order valence-electron chi connectivity index (χ3n) is 3.58. The van der Waals surface area contributed by atoms with E-state index in [-0.39, 0.29) is 5.82 Å². The van der Waals surface area contributed by atoms with E-state index in [4.69, 9.17) is 0 Å². The van der Waals surface area contributed by atoms with Crippen molar-refractivity contribution in [1.29, 1.82) is 0 Å². The smallest absolute Gasteiger partial charge is 0.146 e. The molecular formula is C18H22FN3. The summed E-state index contributed by atoms with van der Waals surface area (Å²) in [5, 5.41) is 3.15. The normalized spacial score (nSPS) is 11.0. The van der Waals surface area contributed by atoms with Gasteiger partial charge in [0.05, 0.1) is 17.7 Å². The molecule has 116 valence electrons. The molecule has 2 aromatic rings. The lowest BCUT2D eigenvalue weighted by molar-refractivity contribution is 0.552. The van der Waals surface area contributed by atoms with Gasteiger partial charge in [-0.3, -0.25) is 0 Å². The van der Waals surface area contributed by atoms with E-state index < -0.39 is 0 Å². The van der Waals surface area contributed by atoms with Gasteiger partial charge in [-0.2, -0.15) is 0 Å². The van der Waals surface area contributed by atoms with Crippen molar-refractivity contribution in [2.45, 2.75) is 20.8 Å². The maximum absolute atomic E-state index is 13.7. The number of anilines is 2. The van der Waals surface area contributed by atoms with Crippen molar-refractivity contribution >= 4 is 23.4 Å². The Bertz CT molecular complexity index is 680. The predicted octanol–water partition coefficient (Wildman–Crippen LogP) is 4.80. The number of nitrogens with zero attached hydrogens (tertiary/aromatic N) is 2. The first-order chi connectivity index (χ1) is 10.5. The summed E-state index contributed by atoms with van der Waals surface area (Å²) in [6.07, 6.45) is 1.83. The molecule has 1 N–H and O–H groups in total. The average molecular weight is 299 g/mol. The third kappa shape index (κ3) is 3.85. The van der Waals surface area contributed by atoms with Gasteiger partial charge in [0.15, 0.2) is 0 Å². The first-order valence-electron chi connectivity index (χ1n) is 7.38. The Balaban J connectivity index is 2.27. The molecule has 0 unspecified atom stereocenters. The zero-order chi connectivity index (χ0) is 16.1. The van der Waals surface area contributed by atoms with Crippen LogP contribution in [0.3, 0.4) is 0 Å². The van der Waals surface area contributed by atoms with Gasteiger partial charge >= 0.3 is 0 Å². The van der Waals surface area contributed by atoms with Crippen LogP contribution < -0.4 is 5.32 Å². The predicted molar refractivity (Wildman–Crippen MR) is 92.1 cm³/mol. The maximum Gasteiger partial charge on any atom is 0.146 e. The van der Waals surface area contributed by atoms with Gasteiger partial charge in [-0.05, 0) is 56.2 Å². The van der Waals surface area contributed by atoms with Crippen molar-refractivity contribution in [3.8, 4) is 0 Å². The van der Waals surface area contributed by atoms with Gasteiger partial charge in [0, 0.05) is 19.3 Å². The lowest BCUT2D eigenvalue weighted by atomic mass is 10.1. The molecule has 0 spiro atoms. The number of hydrogen-bond acceptors (Lipinski definition) is 2. The molecule has 0 fully saturated rings. The fourth-order valence-corrected chi connectivity index (χ4v) is 2.02. The fraction of sp³-hybridized carbons (Fsp3) is 0.278. The summed E-state index contributed by atoms with van der Waals surface area (Å²) in [5.41, 5.74) is 4.37. The highest BCUT2D eigenvalue weighted by molar-refractivity contribution is 5.70. The summed E-state index contributed by atoms with van der Waals surface area (Å²) in [6.45, 7) is 6.98. The minimum Gasteiger partial charge on any atom is -0.366 e. The molecule has 0 saturated carbocycles. The Morgan fingerprint density at radius 1 is 1.14 bits per heavy atom. The molecule has 0 bridgehead atoms. The molecule has 0 saturated heterocycles. The van der Waals surface area contributed by atoms with Crippen LogP contribution in [0.15, 0.2) is 41.4 Å². The van der Waals surface area contributed by atoms with E-state index in [9.17, 15) is 4.39 Å². The molecule has 2 aromatic carbocycles. The van der Waals surface area contributed by atoms with E-state index in [0.717, 1.165) is 29.0 Å². The lowest BCUT2D eigenvalue weighted by Gasteiger charge is -2.14. The van der Waals surface area contributed by atoms with Gasteiger partial charge in [0.1, 0.15) is 5.82 Å². The monoisotopic (exact) mass is 299 g/mol. The van der Waals surface area contributed by atoms with Crippen molar-refractivity contribution in [1.82, 2.24) is 4.90 Å². The molecule has 0 amide bonds. The second kappa shape index (κ2) is 7.07. The van der Waals surface area contributed by atoms with Crippen LogP contribution in [0.4, 0.5) is 21.5 Å². The molecule has 2 rings (SSSR count). The van der Waals surface area contributed by atoms with Gasteiger partial charge in [-0.1, -0.05) is 12.1 Å². The highest BCUT2D eigenvalue weighted by Crippen LogP contribution is 2.29. The van der Waals surface area contributed by atoms with Crippen LogP contribution >= 0.6 is 0 Å². The topological polar surface area (TPSA) is 27.6 Å². The third-order valence-corrected chi connectivity index (χ3v) is 3.58.